The minimum atomic E-state index is 1.08. The summed E-state index contributed by atoms with van der Waals surface area (Å²) in [5, 5.41) is 5.31. The Hall–Kier alpha value is -1.82. The standard InChI is InChI=1S/C17H15/c1-2-6-13-9-5-10-16-11-14-7-3-4-8-15(14)12-17(13)16/h3-12H,2H2,1H3. The lowest BCUT2D eigenvalue weighted by Crippen LogP contribution is -1.84. The summed E-state index contributed by atoms with van der Waals surface area (Å²) in [6.45, 7) is 2.18. The van der Waals surface area contributed by atoms with E-state index in [1.807, 2.05) is 0 Å². The smallest absolute Gasteiger partial charge is 0.00894 e. The van der Waals surface area contributed by atoms with E-state index in [9.17, 15) is 0 Å². The maximum Gasteiger partial charge on any atom is -0.00894 e. The zero-order chi connectivity index (χ0) is 11.7. The SMILES string of the molecule is CC[CH]c1cccc2cc3ccccc3cc12. The van der Waals surface area contributed by atoms with Crippen LogP contribution in [0.3, 0.4) is 0 Å². The third-order valence-corrected chi connectivity index (χ3v) is 3.20. The molecule has 0 aliphatic rings. The summed E-state index contributed by atoms with van der Waals surface area (Å²) in [5.41, 5.74) is 1.34. The zero-order valence-electron chi connectivity index (χ0n) is 9.98. The lowest BCUT2D eigenvalue weighted by molar-refractivity contribution is 1.13. The average molecular weight is 219 g/mol. The van der Waals surface area contributed by atoms with Crippen LogP contribution in [0.1, 0.15) is 18.9 Å². The summed E-state index contributed by atoms with van der Waals surface area (Å²) in [7, 11) is 0. The molecule has 3 rings (SSSR count). The van der Waals surface area contributed by atoms with E-state index in [4.69, 9.17) is 0 Å². The van der Waals surface area contributed by atoms with Gasteiger partial charge >= 0.3 is 0 Å². The van der Waals surface area contributed by atoms with E-state index in [-0.39, 0.29) is 0 Å². The van der Waals surface area contributed by atoms with Crippen LogP contribution in [0, 0.1) is 6.42 Å². The van der Waals surface area contributed by atoms with Crippen LogP contribution in [0.15, 0.2) is 54.6 Å². The average Bonchev–Trinajstić information content (AvgIpc) is 2.37. The zero-order valence-corrected chi connectivity index (χ0v) is 9.98. The van der Waals surface area contributed by atoms with E-state index < -0.39 is 0 Å². The Bertz CT molecular complexity index is 665. The van der Waals surface area contributed by atoms with Crippen LogP contribution in [-0.4, -0.2) is 0 Å². The van der Waals surface area contributed by atoms with Crippen molar-refractivity contribution in [3.8, 4) is 0 Å². The lowest BCUT2D eigenvalue weighted by atomic mass is 9.98. The first-order valence-corrected chi connectivity index (χ1v) is 6.13. The molecule has 83 valence electrons. The molecule has 0 aromatic heterocycles. The van der Waals surface area contributed by atoms with Crippen molar-refractivity contribution in [2.75, 3.05) is 0 Å². The van der Waals surface area contributed by atoms with Gasteiger partial charge in [-0.2, -0.15) is 0 Å². The van der Waals surface area contributed by atoms with Crippen LogP contribution in [0.2, 0.25) is 0 Å². The van der Waals surface area contributed by atoms with Gasteiger partial charge in [0.2, 0.25) is 0 Å². The summed E-state index contributed by atoms with van der Waals surface area (Å²) in [4.78, 5) is 0. The molecule has 0 unspecified atom stereocenters. The highest BCUT2D eigenvalue weighted by Crippen LogP contribution is 2.26. The van der Waals surface area contributed by atoms with E-state index in [0.717, 1.165) is 6.42 Å². The van der Waals surface area contributed by atoms with E-state index in [2.05, 4.69) is 67.9 Å². The highest BCUT2D eigenvalue weighted by molar-refractivity contribution is 6.00. The fraction of sp³-hybridized carbons (Fsp3) is 0.118. The summed E-state index contributed by atoms with van der Waals surface area (Å²) in [6, 6.07) is 19.6. The van der Waals surface area contributed by atoms with Crippen molar-refractivity contribution >= 4 is 21.5 Å². The quantitative estimate of drug-likeness (QED) is 0.535. The first-order valence-electron chi connectivity index (χ1n) is 6.13. The molecular weight excluding hydrogens is 204 g/mol. The van der Waals surface area contributed by atoms with Gasteiger partial charge in [-0.25, -0.2) is 0 Å². The number of rotatable bonds is 2. The fourth-order valence-electron chi connectivity index (χ4n) is 2.39. The predicted octanol–water partition coefficient (Wildman–Crippen LogP) is 4.96. The van der Waals surface area contributed by atoms with Gasteiger partial charge in [0.1, 0.15) is 0 Å². The predicted molar refractivity (Wildman–Crippen MR) is 75.1 cm³/mol. The van der Waals surface area contributed by atoms with Gasteiger partial charge in [0, 0.05) is 0 Å². The minimum Gasteiger partial charge on any atom is -0.0648 e. The largest absolute Gasteiger partial charge is 0.0648 e. The maximum atomic E-state index is 2.30. The third kappa shape index (κ3) is 1.80. The highest BCUT2D eigenvalue weighted by Gasteiger charge is 2.02. The van der Waals surface area contributed by atoms with Gasteiger partial charge in [0.25, 0.3) is 0 Å². The molecule has 0 atom stereocenters. The molecule has 0 heterocycles. The van der Waals surface area contributed by atoms with Gasteiger partial charge in [-0.15, -0.1) is 0 Å². The Balaban J connectivity index is 2.35. The molecule has 0 bridgehead atoms. The van der Waals surface area contributed by atoms with Crippen molar-refractivity contribution in [1.29, 1.82) is 0 Å². The van der Waals surface area contributed by atoms with Crippen LogP contribution < -0.4 is 0 Å². The highest BCUT2D eigenvalue weighted by atomic mass is 14.1. The molecule has 1 radical (unpaired) electrons. The Labute approximate surface area is 102 Å². The Morgan fingerprint density at radius 3 is 2.29 bits per heavy atom. The van der Waals surface area contributed by atoms with Crippen LogP contribution in [0.5, 0.6) is 0 Å². The number of fused-ring (bicyclic) bond motifs is 2. The molecule has 0 N–H and O–H groups in total. The monoisotopic (exact) mass is 219 g/mol. The Morgan fingerprint density at radius 1 is 0.824 bits per heavy atom. The van der Waals surface area contributed by atoms with E-state index in [1.165, 1.54) is 27.1 Å². The van der Waals surface area contributed by atoms with Crippen molar-refractivity contribution < 1.29 is 0 Å². The van der Waals surface area contributed by atoms with Gasteiger partial charge in [0.15, 0.2) is 0 Å². The van der Waals surface area contributed by atoms with Gasteiger partial charge < -0.3 is 0 Å². The molecule has 3 aromatic carbocycles. The van der Waals surface area contributed by atoms with Crippen LogP contribution in [-0.2, 0) is 0 Å². The van der Waals surface area contributed by atoms with Crippen molar-refractivity contribution in [2.45, 2.75) is 13.3 Å². The second-order valence-corrected chi connectivity index (χ2v) is 4.38. The van der Waals surface area contributed by atoms with E-state index in [0.29, 0.717) is 0 Å². The van der Waals surface area contributed by atoms with Crippen LogP contribution >= 0.6 is 0 Å². The van der Waals surface area contributed by atoms with Crippen molar-refractivity contribution in [3.05, 3.63) is 66.6 Å². The molecule has 0 fully saturated rings. The summed E-state index contributed by atoms with van der Waals surface area (Å²) >= 11 is 0. The molecule has 0 heteroatoms. The number of benzene rings is 3. The summed E-state index contributed by atoms with van der Waals surface area (Å²) in [6.07, 6.45) is 3.36. The lowest BCUT2D eigenvalue weighted by Gasteiger charge is -2.07. The minimum absolute atomic E-state index is 1.08. The Kier molecular flexibility index (Phi) is 2.56. The first kappa shape index (κ1) is 10.3. The maximum absolute atomic E-state index is 2.30. The van der Waals surface area contributed by atoms with Crippen molar-refractivity contribution in [3.63, 3.8) is 0 Å². The summed E-state index contributed by atoms with van der Waals surface area (Å²) < 4.78 is 0. The van der Waals surface area contributed by atoms with Crippen molar-refractivity contribution in [1.82, 2.24) is 0 Å². The molecule has 0 saturated heterocycles. The third-order valence-electron chi connectivity index (χ3n) is 3.20. The summed E-state index contributed by atoms with van der Waals surface area (Å²) in [5.74, 6) is 0. The Morgan fingerprint density at radius 2 is 1.53 bits per heavy atom. The molecule has 0 spiro atoms. The fourth-order valence-corrected chi connectivity index (χ4v) is 2.39. The van der Waals surface area contributed by atoms with Crippen LogP contribution in [0.4, 0.5) is 0 Å². The molecule has 0 saturated carbocycles. The molecule has 0 aliphatic heterocycles. The normalized spacial score (nSPS) is 11.1. The molecule has 0 nitrogen and oxygen atoms in total. The number of hydrogen-bond donors (Lipinski definition) is 0. The molecule has 0 aliphatic carbocycles. The van der Waals surface area contributed by atoms with E-state index >= 15 is 0 Å². The second-order valence-electron chi connectivity index (χ2n) is 4.38. The van der Waals surface area contributed by atoms with Gasteiger partial charge in [-0.05, 0) is 52.1 Å². The van der Waals surface area contributed by atoms with Crippen molar-refractivity contribution in [2.24, 2.45) is 0 Å². The molecule has 0 amide bonds. The van der Waals surface area contributed by atoms with Gasteiger partial charge in [-0.3, -0.25) is 0 Å². The second kappa shape index (κ2) is 4.21. The molecular formula is C17H15. The molecule has 17 heavy (non-hydrogen) atoms. The van der Waals surface area contributed by atoms with Crippen LogP contribution in [0.25, 0.3) is 21.5 Å². The molecule has 3 aromatic rings. The van der Waals surface area contributed by atoms with Gasteiger partial charge in [0.05, 0.1) is 0 Å². The first-order chi connectivity index (χ1) is 8.38. The van der Waals surface area contributed by atoms with Gasteiger partial charge in [-0.1, -0.05) is 49.4 Å². The number of hydrogen-bond acceptors (Lipinski definition) is 0. The topological polar surface area (TPSA) is 0 Å². The van der Waals surface area contributed by atoms with E-state index in [1.54, 1.807) is 0 Å².